The number of likely N-dealkylation sites (N-methyl/N-ethyl adjacent to an activating group) is 2. The number of nitro benzene ring substituents is 1. The maximum absolute atomic E-state index is 13.8. The Labute approximate surface area is 191 Å². The molecule has 10 nitrogen and oxygen atoms in total. The van der Waals surface area contributed by atoms with Crippen molar-refractivity contribution < 1.29 is 33.5 Å². The van der Waals surface area contributed by atoms with Crippen molar-refractivity contribution in [3.63, 3.8) is 0 Å². The van der Waals surface area contributed by atoms with Crippen molar-refractivity contribution in [2.45, 2.75) is 24.6 Å². The average molecular weight is 474 g/mol. The lowest BCUT2D eigenvalue weighted by Crippen LogP contribution is -2.70. The smallest absolute Gasteiger partial charge is 0.281 e. The Balaban J connectivity index is 1.67. The van der Waals surface area contributed by atoms with E-state index >= 15 is 0 Å². The van der Waals surface area contributed by atoms with Crippen LogP contribution in [0, 0.1) is 21.7 Å². The van der Waals surface area contributed by atoms with Crippen LogP contribution in [-0.2, 0) is 22.4 Å². The molecule has 0 saturated carbocycles. The van der Waals surface area contributed by atoms with Crippen molar-refractivity contribution in [1.29, 1.82) is 0 Å². The highest BCUT2D eigenvalue weighted by Gasteiger charge is 2.53. The first-order valence-corrected chi connectivity index (χ1v) is 10.1. The highest BCUT2D eigenvalue weighted by atomic mass is 19.1. The molecule has 1 saturated heterocycles. The third kappa shape index (κ3) is 3.61. The number of amides is 2. The largest absolute Gasteiger partial charge is 0.505 e. The van der Waals surface area contributed by atoms with Crippen LogP contribution in [0.2, 0.25) is 0 Å². The number of benzene rings is 2. The quantitative estimate of drug-likeness (QED) is 0.381. The van der Waals surface area contributed by atoms with Gasteiger partial charge in [0.2, 0.25) is 11.6 Å². The van der Waals surface area contributed by atoms with E-state index in [9.17, 15) is 38.7 Å². The number of rotatable bonds is 5. The van der Waals surface area contributed by atoms with E-state index in [1.165, 1.54) is 26.4 Å². The molecule has 178 valence electrons. The normalized spacial score (nSPS) is 20.9. The van der Waals surface area contributed by atoms with E-state index in [0.29, 0.717) is 5.56 Å². The van der Waals surface area contributed by atoms with Gasteiger partial charge < -0.3 is 25.0 Å². The molecule has 0 unspecified atom stereocenters. The van der Waals surface area contributed by atoms with E-state index < -0.39 is 58.0 Å². The van der Waals surface area contributed by atoms with Crippen LogP contribution in [0.15, 0.2) is 36.5 Å². The van der Waals surface area contributed by atoms with Crippen LogP contribution in [0.5, 0.6) is 5.75 Å². The summed E-state index contributed by atoms with van der Waals surface area (Å²) in [5.41, 5.74) is -2.08. The van der Waals surface area contributed by atoms with Crippen LogP contribution in [-0.4, -0.2) is 67.6 Å². The van der Waals surface area contributed by atoms with Crippen molar-refractivity contribution in [1.82, 2.24) is 14.8 Å². The number of aromatic nitrogens is 1. The summed E-state index contributed by atoms with van der Waals surface area (Å²) in [7, 11) is 2.55. The van der Waals surface area contributed by atoms with Crippen LogP contribution in [0.4, 0.5) is 14.5 Å². The first-order chi connectivity index (χ1) is 15.9. The van der Waals surface area contributed by atoms with Crippen molar-refractivity contribution >= 4 is 28.4 Å². The summed E-state index contributed by atoms with van der Waals surface area (Å²) < 4.78 is 27.1. The minimum Gasteiger partial charge on any atom is -0.505 e. The number of nitrogens with one attached hydrogen (secondary N) is 1. The molecule has 1 aliphatic rings. The second-order valence-corrected chi connectivity index (χ2v) is 8.23. The molecule has 0 radical (unpaired) electrons. The number of carbonyl (C=O) groups is 2. The van der Waals surface area contributed by atoms with Crippen LogP contribution in [0.3, 0.4) is 0 Å². The lowest BCUT2D eigenvalue weighted by atomic mass is 9.92. The summed E-state index contributed by atoms with van der Waals surface area (Å²) >= 11 is 0. The number of halogens is 2. The minimum atomic E-state index is -2.30. The Morgan fingerprint density at radius 1 is 1.21 bits per heavy atom. The minimum absolute atomic E-state index is 0.116. The van der Waals surface area contributed by atoms with Crippen molar-refractivity contribution in [2.24, 2.45) is 0 Å². The molecule has 2 heterocycles. The summed E-state index contributed by atoms with van der Waals surface area (Å²) in [6, 6.07) is 4.06. The van der Waals surface area contributed by atoms with Gasteiger partial charge in [0.05, 0.1) is 21.9 Å². The number of aliphatic hydroxyl groups is 1. The highest BCUT2D eigenvalue weighted by Crippen LogP contribution is 2.34. The van der Waals surface area contributed by atoms with E-state index in [1.54, 1.807) is 0 Å². The molecule has 2 atom stereocenters. The van der Waals surface area contributed by atoms with Gasteiger partial charge in [0.15, 0.2) is 11.6 Å². The number of nitrogens with zero attached hydrogens (tertiary/aromatic N) is 3. The lowest BCUT2D eigenvalue weighted by Gasteiger charge is -2.47. The lowest BCUT2D eigenvalue weighted by molar-refractivity contribution is -0.383. The van der Waals surface area contributed by atoms with Gasteiger partial charge in [-0.05, 0) is 29.3 Å². The number of non-ortho nitro benzene ring substituents is 1. The summed E-state index contributed by atoms with van der Waals surface area (Å²) in [5.74, 6) is -3.81. The Bertz CT molecular complexity index is 1340. The van der Waals surface area contributed by atoms with Crippen molar-refractivity contribution in [2.75, 3.05) is 14.1 Å². The molecule has 3 N–H and O–H groups in total. The number of aromatic amines is 1. The zero-order valence-corrected chi connectivity index (χ0v) is 18.1. The van der Waals surface area contributed by atoms with Crippen LogP contribution >= 0.6 is 0 Å². The maximum atomic E-state index is 13.8. The van der Waals surface area contributed by atoms with Crippen LogP contribution in [0.25, 0.3) is 10.9 Å². The maximum Gasteiger partial charge on any atom is 0.281 e. The summed E-state index contributed by atoms with van der Waals surface area (Å²) in [5, 5.41) is 32.3. The Morgan fingerprint density at radius 2 is 1.91 bits per heavy atom. The number of hydrogen-bond acceptors (Lipinski definition) is 6. The number of piperazine rings is 1. The molecule has 1 fully saturated rings. The fourth-order valence-corrected chi connectivity index (χ4v) is 4.30. The molecule has 0 spiro atoms. The number of H-pyrrole nitrogens is 1. The van der Waals surface area contributed by atoms with Gasteiger partial charge in [-0.15, -0.1) is 0 Å². The highest BCUT2D eigenvalue weighted by molar-refractivity contribution is 5.99. The van der Waals surface area contributed by atoms with E-state index in [2.05, 4.69) is 4.98 Å². The summed E-state index contributed by atoms with van der Waals surface area (Å²) in [4.78, 5) is 41.7. The van der Waals surface area contributed by atoms with Gasteiger partial charge in [0.25, 0.3) is 11.6 Å². The molecule has 4 rings (SSSR count). The molecule has 1 aliphatic heterocycles. The molecule has 34 heavy (non-hydrogen) atoms. The number of fused-ring (bicyclic) bond motifs is 1. The molecule has 3 aromatic rings. The fourth-order valence-electron chi connectivity index (χ4n) is 4.30. The van der Waals surface area contributed by atoms with Crippen molar-refractivity contribution in [3.8, 4) is 5.75 Å². The van der Waals surface area contributed by atoms with Crippen LogP contribution in [0.1, 0.15) is 11.1 Å². The fraction of sp³-hybridized carbons (Fsp3) is 0.273. The average Bonchev–Trinajstić information content (AvgIpc) is 3.18. The van der Waals surface area contributed by atoms with Gasteiger partial charge in [0.1, 0.15) is 11.9 Å². The Hall–Kier alpha value is -4.06. The number of nitro groups is 1. The second kappa shape index (κ2) is 8.06. The van der Waals surface area contributed by atoms with Gasteiger partial charge in [-0.25, -0.2) is 8.78 Å². The number of phenolic OH excluding ortho intramolecular Hbond substituents is 1. The van der Waals surface area contributed by atoms with Gasteiger partial charge in [-0.3, -0.25) is 19.7 Å². The predicted octanol–water partition coefficient (Wildman–Crippen LogP) is 1.83. The number of aromatic hydroxyl groups is 1. The SMILES string of the molecule is CN1C(=O)[C@](O)(Cc2ccc(F)c(O)c2)N(C)C(=O)[C@@H]1Cc1c[nH]c2cc(F)cc([N+](=O)[O-])c12. The molecule has 2 amide bonds. The van der Waals surface area contributed by atoms with Crippen molar-refractivity contribution in [3.05, 3.63) is 69.4 Å². The van der Waals surface area contributed by atoms with Gasteiger partial charge in [-0.2, -0.15) is 0 Å². The Kier molecular flexibility index (Phi) is 5.48. The zero-order chi connectivity index (χ0) is 24.9. The number of carbonyl (C=O) groups excluding carboxylic acids is 2. The topological polar surface area (TPSA) is 140 Å². The molecule has 0 aliphatic carbocycles. The third-order valence-corrected chi connectivity index (χ3v) is 6.18. The van der Waals surface area contributed by atoms with E-state index in [4.69, 9.17) is 0 Å². The molecular formula is C22H20F2N4O6. The number of phenols is 1. The van der Waals surface area contributed by atoms with E-state index in [1.807, 2.05) is 0 Å². The Morgan fingerprint density at radius 3 is 2.56 bits per heavy atom. The molecule has 12 heteroatoms. The summed E-state index contributed by atoms with van der Waals surface area (Å²) in [6.07, 6.45) is 0.868. The second-order valence-electron chi connectivity index (χ2n) is 8.23. The van der Waals surface area contributed by atoms with E-state index in [0.717, 1.165) is 34.1 Å². The molecular weight excluding hydrogens is 454 g/mol. The molecule has 1 aromatic heterocycles. The first kappa shape index (κ1) is 23.1. The van der Waals surface area contributed by atoms with Gasteiger partial charge in [-0.1, -0.05) is 6.07 Å². The molecule has 0 bridgehead atoms. The van der Waals surface area contributed by atoms with Gasteiger partial charge >= 0.3 is 0 Å². The first-order valence-electron chi connectivity index (χ1n) is 10.1. The monoisotopic (exact) mass is 474 g/mol. The third-order valence-electron chi connectivity index (χ3n) is 6.18. The standard InChI is InChI=1S/C22H20F2N4O6/c1-26-17(6-12-10-25-15-7-13(23)8-16(19(12)15)28(33)34)20(30)27(2)22(32,21(26)31)9-11-3-4-14(24)18(29)5-11/h3-5,7-8,10,17,25,29,32H,6,9H2,1-2H3/t17-,22+/m0/s1. The molecule has 2 aromatic carbocycles. The van der Waals surface area contributed by atoms with Gasteiger partial charge in [0, 0.05) is 33.1 Å². The van der Waals surface area contributed by atoms with Crippen LogP contribution < -0.4 is 0 Å². The number of hydrogen-bond donors (Lipinski definition) is 3. The zero-order valence-electron chi connectivity index (χ0n) is 18.1. The van der Waals surface area contributed by atoms with E-state index in [-0.39, 0.29) is 22.9 Å². The summed E-state index contributed by atoms with van der Waals surface area (Å²) in [6.45, 7) is 0. The predicted molar refractivity (Wildman–Crippen MR) is 115 cm³/mol.